The standard InChI is InChI=1S/C15H21NO3/c1-18-15(17)5-3-2-4-13(16)11-6-7-14-12(10-11)8-9-19-14/h6-7,10,13H,2-5,8-9,16H2,1H3. The summed E-state index contributed by atoms with van der Waals surface area (Å²) >= 11 is 0. The molecular formula is C15H21NO3. The number of unbranched alkanes of at least 4 members (excludes halogenated alkanes) is 1. The molecule has 0 fully saturated rings. The second-order valence-electron chi connectivity index (χ2n) is 4.89. The highest BCUT2D eigenvalue weighted by Gasteiger charge is 2.14. The van der Waals surface area contributed by atoms with Gasteiger partial charge in [0.25, 0.3) is 0 Å². The maximum absolute atomic E-state index is 11.0. The van der Waals surface area contributed by atoms with E-state index in [1.807, 2.05) is 12.1 Å². The molecule has 1 aromatic carbocycles. The van der Waals surface area contributed by atoms with Crippen LogP contribution in [-0.2, 0) is 16.0 Å². The van der Waals surface area contributed by atoms with Crippen molar-refractivity contribution in [1.29, 1.82) is 0 Å². The molecule has 19 heavy (non-hydrogen) atoms. The van der Waals surface area contributed by atoms with Gasteiger partial charge >= 0.3 is 5.97 Å². The van der Waals surface area contributed by atoms with Crippen LogP contribution in [0.1, 0.15) is 42.9 Å². The number of nitrogens with two attached hydrogens (primary N) is 1. The van der Waals surface area contributed by atoms with Gasteiger partial charge in [0, 0.05) is 18.9 Å². The van der Waals surface area contributed by atoms with E-state index in [2.05, 4.69) is 10.8 Å². The van der Waals surface area contributed by atoms with Crippen molar-refractivity contribution in [3.8, 4) is 5.75 Å². The molecule has 1 aromatic rings. The molecule has 0 saturated carbocycles. The highest BCUT2D eigenvalue weighted by molar-refractivity contribution is 5.68. The Hall–Kier alpha value is -1.55. The van der Waals surface area contributed by atoms with Crippen LogP contribution in [0.4, 0.5) is 0 Å². The first-order valence-corrected chi connectivity index (χ1v) is 6.78. The van der Waals surface area contributed by atoms with Crippen LogP contribution in [0.3, 0.4) is 0 Å². The summed E-state index contributed by atoms with van der Waals surface area (Å²) in [6.07, 6.45) is 4.09. The number of methoxy groups -OCH3 is 1. The zero-order chi connectivity index (χ0) is 13.7. The number of carbonyl (C=O) groups is 1. The van der Waals surface area contributed by atoms with Gasteiger partial charge in [-0.2, -0.15) is 0 Å². The van der Waals surface area contributed by atoms with Gasteiger partial charge < -0.3 is 15.2 Å². The summed E-state index contributed by atoms with van der Waals surface area (Å²) < 4.78 is 10.1. The number of rotatable bonds is 6. The van der Waals surface area contributed by atoms with Crippen LogP contribution in [0.25, 0.3) is 0 Å². The minimum atomic E-state index is -0.150. The van der Waals surface area contributed by atoms with Crippen molar-refractivity contribution in [2.45, 2.75) is 38.1 Å². The lowest BCUT2D eigenvalue weighted by molar-refractivity contribution is -0.140. The van der Waals surface area contributed by atoms with Crippen molar-refractivity contribution >= 4 is 5.97 Å². The summed E-state index contributed by atoms with van der Waals surface area (Å²) in [5.74, 6) is 0.838. The third-order valence-electron chi connectivity index (χ3n) is 3.52. The van der Waals surface area contributed by atoms with Crippen molar-refractivity contribution in [2.24, 2.45) is 5.73 Å². The third-order valence-corrected chi connectivity index (χ3v) is 3.52. The van der Waals surface area contributed by atoms with Crippen molar-refractivity contribution in [1.82, 2.24) is 0 Å². The molecule has 0 bridgehead atoms. The lowest BCUT2D eigenvalue weighted by Gasteiger charge is -2.12. The molecular weight excluding hydrogens is 242 g/mol. The average Bonchev–Trinajstić information content (AvgIpc) is 2.90. The molecule has 0 saturated heterocycles. The Morgan fingerprint density at radius 3 is 3.11 bits per heavy atom. The van der Waals surface area contributed by atoms with Crippen LogP contribution in [0.2, 0.25) is 0 Å². The largest absolute Gasteiger partial charge is 0.493 e. The third kappa shape index (κ3) is 3.70. The first-order valence-electron chi connectivity index (χ1n) is 6.78. The van der Waals surface area contributed by atoms with E-state index in [0.29, 0.717) is 6.42 Å². The Bertz CT molecular complexity index is 445. The van der Waals surface area contributed by atoms with E-state index < -0.39 is 0 Å². The second kappa shape index (κ2) is 6.57. The van der Waals surface area contributed by atoms with E-state index in [9.17, 15) is 4.79 Å². The van der Waals surface area contributed by atoms with Gasteiger partial charge in [-0.1, -0.05) is 18.6 Å². The van der Waals surface area contributed by atoms with Gasteiger partial charge in [0.05, 0.1) is 13.7 Å². The number of benzene rings is 1. The molecule has 1 aliphatic rings. The first kappa shape index (κ1) is 13.9. The van der Waals surface area contributed by atoms with Crippen LogP contribution in [0.5, 0.6) is 5.75 Å². The minimum absolute atomic E-state index is 0.0311. The van der Waals surface area contributed by atoms with Gasteiger partial charge in [0.1, 0.15) is 5.75 Å². The van der Waals surface area contributed by atoms with Crippen molar-refractivity contribution in [2.75, 3.05) is 13.7 Å². The molecule has 104 valence electrons. The maximum atomic E-state index is 11.0. The van der Waals surface area contributed by atoms with E-state index in [1.54, 1.807) is 0 Å². The highest BCUT2D eigenvalue weighted by atomic mass is 16.5. The monoisotopic (exact) mass is 263 g/mol. The van der Waals surface area contributed by atoms with Crippen molar-refractivity contribution in [3.05, 3.63) is 29.3 Å². The summed E-state index contributed by atoms with van der Waals surface area (Å²) in [6.45, 7) is 0.771. The molecule has 1 atom stereocenters. The van der Waals surface area contributed by atoms with Crippen molar-refractivity contribution in [3.63, 3.8) is 0 Å². The molecule has 2 N–H and O–H groups in total. The predicted molar refractivity (Wildman–Crippen MR) is 73.1 cm³/mol. The Balaban J connectivity index is 1.80. The highest BCUT2D eigenvalue weighted by Crippen LogP contribution is 2.28. The molecule has 4 nitrogen and oxygen atoms in total. The maximum Gasteiger partial charge on any atom is 0.305 e. The molecule has 0 aromatic heterocycles. The number of esters is 1. The Morgan fingerprint density at radius 2 is 2.32 bits per heavy atom. The summed E-state index contributed by atoms with van der Waals surface area (Å²) in [6, 6.07) is 6.22. The average molecular weight is 263 g/mol. The lowest BCUT2D eigenvalue weighted by atomic mass is 9.98. The molecule has 1 heterocycles. The molecule has 4 heteroatoms. The fourth-order valence-electron chi connectivity index (χ4n) is 2.34. The zero-order valence-corrected chi connectivity index (χ0v) is 11.4. The molecule has 2 rings (SSSR count). The number of carbonyl (C=O) groups excluding carboxylic acids is 1. The lowest BCUT2D eigenvalue weighted by Crippen LogP contribution is -2.10. The van der Waals surface area contributed by atoms with Gasteiger partial charge in [-0.15, -0.1) is 0 Å². The van der Waals surface area contributed by atoms with E-state index in [1.165, 1.54) is 12.7 Å². The smallest absolute Gasteiger partial charge is 0.305 e. The zero-order valence-electron chi connectivity index (χ0n) is 11.4. The summed E-state index contributed by atoms with van der Waals surface area (Å²) in [7, 11) is 1.42. The molecule has 0 amide bonds. The van der Waals surface area contributed by atoms with E-state index >= 15 is 0 Å². The van der Waals surface area contributed by atoms with E-state index in [0.717, 1.165) is 43.6 Å². The summed E-state index contributed by atoms with van der Waals surface area (Å²) in [5.41, 5.74) is 8.59. The van der Waals surface area contributed by atoms with E-state index in [-0.39, 0.29) is 12.0 Å². The van der Waals surface area contributed by atoms with Crippen LogP contribution >= 0.6 is 0 Å². The number of hydrogen-bond acceptors (Lipinski definition) is 4. The number of hydrogen-bond donors (Lipinski definition) is 1. The fraction of sp³-hybridized carbons (Fsp3) is 0.533. The summed E-state index contributed by atoms with van der Waals surface area (Å²) in [5, 5.41) is 0. The van der Waals surface area contributed by atoms with Crippen LogP contribution in [0, 0.1) is 0 Å². The molecule has 0 spiro atoms. The quantitative estimate of drug-likeness (QED) is 0.632. The molecule has 0 radical (unpaired) electrons. The van der Waals surface area contributed by atoms with Gasteiger partial charge in [-0.25, -0.2) is 0 Å². The van der Waals surface area contributed by atoms with Crippen LogP contribution < -0.4 is 10.5 Å². The normalized spacial score (nSPS) is 14.6. The summed E-state index contributed by atoms with van der Waals surface area (Å²) in [4.78, 5) is 11.0. The molecule has 1 unspecified atom stereocenters. The number of ether oxygens (including phenoxy) is 2. The number of fused-ring (bicyclic) bond motifs is 1. The first-order chi connectivity index (χ1) is 9.20. The minimum Gasteiger partial charge on any atom is -0.493 e. The second-order valence-corrected chi connectivity index (χ2v) is 4.89. The SMILES string of the molecule is COC(=O)CCCCC(N)c1ccc2c(c1)CCO2. The molecule has 1 aliphatic heterocycles. The van der Waals surface area contributed by atoms with Crippen LogP contribution in [0.15, 0.2) is 18.2 Å². The Kier molecular flexibility index (Phi) is 4.80. The van der Waals surface area contributed by atoms with Gasteiger partial charge in [-0.3, -0.25) is 4.79 Å². The van der Waals surface area contributed by atoms with E-state index in [4.69, 9.17) is 10.5 Å². The molecule has 0 aliphatic carbocycles. The van der Waals surface area contributed by atoms with Gasteiger partial charge in [0.2, 0.25) is 0 Å². The topological polar surface area (TPSA) is 61.5 Å². The van der Waals surface area contributed by atoms with Gasteiger partial charge in [0.15, 0.2) is 0 Å². The fourth-order valence-corrected chi connectivity index (χ4v) is 2.34. The predicted octanol–water partition coefficient (Wildman–Crippen LogP) is 2.35. The Labute approximate surface area is 113 Å². The van der Waals surface area contributed by atoms with Crippen molar-refractivity contribution < 1.29 is 14.3 Å². The Morgan fingerprint density at radius 1 is 1.47 bits per heavy atom. The van der Waals surface area contributed by atoms with Gasteiger partial charge in [-0.05, 0) is 30.0 Å². The van der Waals surface area contributed by atoms with Crippen LogP contribution in [-0.4, -0.2) is 19.7 Å².